The molecule has 0 amide bonds. The van der Waals surface area contributed by atoms with Gasteiger partial charge in [0.05, 0.1) is 16.8 Å². The van der Waals surface area contributed by atoms with Crippen molar-refractivity contribution in [1.82, 2.24) is 4.98 Å². The summed E-state index contributed by atoms with van der Waals surface area (Å²) in [6.07, 6.45) is 0.0393. The molecule has 0 saturated heterocycles. The number of carbonyl (C=O) groups excluding carboxylic acids is 2. The Morgan fingerprint density at radius 1 is 0.486 bits per heavy atom. The Hall–Kier alpha value is -8.64. The molecule has 0 saturated carbocycles. The van der Waals surface area contributed by atoms with Crippen molar-refractivity contribution in [3.8, 4) is 33.5 Å². The summed E-state index contributed by atoms with van der Waals surface area (Å²) >= 11 is 0. The van der Waals surface area contributed by atoms with Gasteiger partial charge < -0.3 is 9.92 Å². The molecule has 11 rings (SSSR count). The predicted molar refractivity (Wildman–Crippen MR) is 286 cm³/mol. The summed E-state index contributed by atoms with van der Waals surface area (Å²) < 4.78 is 91.6. The van der Waals surface area contributed by atoms with E-state index in [4.69, 9.17) is 5.73 Å². The number of hydrogen-bond donors (Lipinski definition) is 3. The van der Waals surface area contributed by atoms with E-state index in [1.807, 2.05) is 146 Å². The highest BCUT2D eigenvalue weighted by atomic mass is 32.2. The SMILES string of the molecule is Nc1ccccc1-c1ccccc1.O=C(Cc1ccccc1-c1ccccc1)c1ccccc1S(=O)(=O)O.O=C1OS(=O)(=O)c2ccccc21.O=S(=O)(O)c1ccccc1-c1nc2ccccc2c2ccccc12. The summed E-state index contributed by atoms with van der Waals surface area (Å²) in [7, 11) is -12.6. The number of nitrogens with two attached hydrogens (primary N) is 1. The lowest BCUT2D eigenvalue weighted by Gasteiger charge is -2.12. The van der Waals surface area contributed by atoms with Gasteiger partial charge in [0.2, 0.25) is 0 Å². The van der Waals surface area contributed by atoms with Crippen molar-refractivity contribution in [2.75, 3.05) is 5.73 Å². The van der Waals surface area contributed by atoms with Crippen molar-refractivity contribution in [2.24, 2.45) is 0 Å². The second kappa shape index (κ2) is 22.4. The number of anilines is 1. The summed E-state index contributed by atoms with van der Waals surface area (Å²) in [5.74, 6) is -1.16. The normalized spacial score (nSPS) is 12.4. The highest BCUT2D eigenvalue weighted by molar-refractivity contribution is 7.87. The van der Waals surface area contributed by atoms with Crippen LogP contribution in [0.15, 0.2) is 245 Å². The van der Waals surface area contributed by atoms with Gasteiger partial charge in [0.1, 0.15) is 14.7 Å². The minimum Gasteiger partial charge on any atom is -0.398 e. The van der Waals surface area contributed by atoms with E-state index in [1.54, 1.807) is 36.4 Å². The van der Waals surface area contributed by atoms with Crippen molar-refractivity contribution in [3.63, 3.8) is 0 Å². The van der Waals surface area contributed by atoms with Gasteiger partial charge in [0.15, 0.2) is 5.78 Å². The van der Waals surface area contributed by atoms with E-state index in [0.29, 0.717) is 11.3 Å². The van der Waals surface area contributed by atoms with Crippen LogP contribution in [0.3, 0.4) is 0 Å². The van der Waals surface area contributed by atoms with Crippen LogP contribution in [0.1, 0.15) is 26.3 Å². The molecule has 0 unspecified atom stereocenters. The largest absolute Gasteiger partial charge is 0.398 e. The zero-order chi connectivity index (χ0) is 52.5. The first-order valence-electron chi connectivity index (χ1n) is 22.6. The van der Waals surface area contributed by atoms with Crippen LogP contribution in [-0.2, 0) is 41.0 Å². The standard InChI is InChI=1S/C20H16O4S.C19H13NO3S.C12H11N.C7H4O4S/c21-19(18-12-6-7-13-20(18)25(22,23)24)14-16-10-4-5-11-17(16)15-8-2-1-3-9-15;21-24(22,23)18-12-6-4-10-16(18)19-15-9-2-1-7-13(15)14-8-3-5-11-17(14)20-19;13-12-9-5-4-8-11(12)10-6-2-1-3-7-10;8-7-5-3-1-2-4-6(5)12(9,10)11-7/h1-13H,14H2,(H,22,23,24);1-12H,(H,21,22,23);1-9H,13H2;1-4H. The first-order valence-corrected chi connectivity index (χ1v) is 26.9. The lowest BCUT2D eigenvalue weighted by atomic mass is 9.94. The monoisotopic (exact) mass is 1040 g/mol. The molecule has 0 aliphatic carbocycles. The van der Waals surface area contributed by atoms with Crippen LogP contribution in [0.4, 0.5) is 5.69 Å². The molecule has 1 aliphatic rings. The van der Waals surface area contributed by atoms with Gasteiger partial charge in [-0.15, -0.1) is 0 Å². The topological polar surface area (TPSA) is 225 Å². The maximum Gasteiger partial charge on any atom is 0.355 e. The summed E-state index contributed by atoms with van der Waals surface area (Å²) in [6, 6.07) is 68.6. The van der Waals surface area contributed by atoms with Crippen LogP contribution in [0.5, 0.6) is 0 Å². The minimum atomic E-state index is -4.45. The van der Waals surface area contributed by atoms with Gasteiger partial charge in [-0.25, -0.2) is 9.78 Å². The van der Waals surface area contributed by atoms with E-state index in [9.17, 15) is 43.9 Å². The number of nitrogen functional groups attached to an aromatic ring is 1. The van der Waals surface area contributed by atoms with Gasteiger partial charge >= 0.3 is 16.1 Å². The van der Waals surface area contributed by atoms with Crippen LogP contribution in [0.25, 0.3) is 55.2 Å². The molecule has 0 atom stereocenters. The van der Waals surface area contributed by atoms with Gasteiger partial charge in [-0.2, -0.15) is 25.3 Å². The molecule has 0 spiro atoms. The Morgan fingerprint density at radius 3 is 1.57 bits per heavy atom. The lowest BCUT2D eigenvalue weighted by Crippen LogP contribution is -2.11. The Bertz CT molecular complexity index is 4040. The molecule has 9 aromatic carbocycles. The van der Waals surface area contributed by atoms with Gasteiger partial charge in [-0.3, -0.25) is 13.9 Å². The zero-order valence-electron chi connectivity index (χ0n) is 39.0. The number of ketones is 1. The van der Waals surface area contributed by atoms with E-state index in [1.165, 1.54) is 42.0 Å². The molecule has 0 bridgehead atoms. The zero-order valence-corrected chi connectivity index (χ0v) is 41.4. The summed E-state index contributed by atoms with van der Waals surface area (Å²) in [6.45, 7) is 0. The molecule has 74 heavy (non-hydrogen) atoms. The van der Waals surface area contributed by atoms with Crippen LogP contribution < -0.4 is 5.73 Å². The van der Waals surface area contributed by atoms with Gasteiger partial charge in [-0.05, 0) is 70.1 Å². The molecule has 10 aromatic rings. The van der Waals surface area contributed by atoms with Crippen molar-refractivity contribution in [3.05, 3.63) is 247 Å². The van der Waals surface area contributed by atoms with Crippen LogP contribution in [-0.4, -0.2) is 51.1 Å². The molecular weight excluding hydrogens is 997 g/mol. The molecule has 1 aromatic heterocycles. The Kier molecular flexibility index (Phi) is 15.7. The molecule has 1 aliphatic heterocycles. The van der Waals surface area contributed by atoms with Crippen LogP contribution in [0.2, 0.25) is 0 Å². The number of aromatic nitrogens is 1. The van der Waals surface area contributed by atoms with E-state index in [0.717, 1.165) is 49.6 Å². The number of carbonyl (C=O) groups is 2. The third kappa shape index (κ3) is 12.0. The molecule has 0 radical (unpaired) electrons. The maximum absolute atomic E-state index is 12.7. The number of benzene rings is 9. The molecule has 13 nitrogen and oxygen atoms in total. The fraction of sp³-hybridized carbons (Fsp3) is 0.0172. The average Bonchev–Trinajstić information content (AvgIpc) is 3.65. The number of hydrogen-bond acceptors (Lipinski definition) is 11. The molecule has 2 heterocycles. The fourth-order valence-corrected chi connectivity index (χ4v) is 10.6. The van der Waals surface area contributed by atoms with Crippen LogP contribution in [0, 0.1) is 0 Å². The predicted octanol–water partition coefficient (Wildman–Crippen LogP) is 11.8. The number of Topliss-reactive ketones (excluding diaryl/α,β-unsaturated/α-hetero) is 1. The summed E-state index contributed by atoms with van der Waals surface area (Å²) in [4.78, 5) is 27.7. The van der Waals surface area contributed by atoms with Gasteiger partial charge in [0, 0.05) is 39.6 Å². The number of rotatable bonds is 8. The summed E-state index contributed by atoms with van der Waals surface area (Å²) in [5, 5.41) is 2.83. The van der Waals surface area contributed by atoms with Gasteiger partial charge in [-0.1, -0.05) is 188 Å². The van der Waals surface area contributed by atoms with Crippen molar-refractivity contribution in [2.45, 2.75) is 21.1 Å². The number of pyridine rings is 1. The Balaban J connectivity index is 0.000000138. The number of fused-ring (bicyclic) bond motifs is 4. The lowest BCUT2D eigenvalue weighted by molar-refractivity contribution is 0.0762. The van der Waals surface area contributed by atoms with E-state index < -0.39 is 36.3 Å². The Labute approximate surface area is 427 Å². The minimum absolute atomic E-state index is 0.00661. The summed E-state index contributed by atoms with van der Waals surface area (Å²) in [5.41, 5.74) is 13.4. The van der Waals surface area contributed by atoms with E-state index in [2.05, 4.69) is 21.3 Å². The first-order chi connectivity index (χ1) is 35.5. The molecule has 370 valence electrons. The van der Waals surface area contributed by atoms with E-state index >= 15 is 0 Å². The molecule has 16 heteroatoms. The third-order valence-corrected chi connectivity index (χ3v) is 14.6. The first kappa shape index (κ1) is 51.7. The molecule has 0 fully saturated rings. The van der Waals surface area contributed by atoms with Crippen molar-refractivity contribution in [1.29, 1.82) is 0 Å². The highest BCUT2D eigenvalue weighted by Crippen LogP contribution is 2.35. The fourth-order valence-electron chi connectivity index (χ4n) is 8.18. The van der Waals surface area contributed by atoms with E-state index in [-0.39, 0.29) is 38.0 Å². The highest BCUT2D eigenvalue weighted by Gasteiger charge is 2.34. The average molecular weight is 1040 g/mol. The van der Waals surface area contributed by atoms with Gasteiger partial charge in [0.25, 0.3) is 20.2 Å². The Morgan fingerprint density at radius 2 is 0.946 bits per heavy atom. The van der Waals surface area contributed by atoms with Crippen molar-refractivity contribution >= 4 is 69.5 Å². The quantitative estimate of drug-likeness (QED) is 0.0424. The second-order valence-corrected chi connectivity index (χ2v) is 20.7. The third-order valence-electron chi connectivity index (χ3n) is 11.6. The number of para-hydroxylation sites is 2. The molecule has 4 N–H and O–H groups in total. The van der Waals surface area contributed by atoms with Crippen LogP contribution >= 0.6 is 0 Å². The molecular formula is C58H44N2O11S3. The smallest absolute Gasteiger partial charge is 0.355 e. The van der Waals surface area contributed by atoms with Crippen molar-refractivity contribution < 1.29 is 48.1 Å². The number of nitrogens with zero attached hydrogens (tertiary/aromatic N) is 1. The maximum atomic E-state index is 12.7. The second-order valence-electron chi connectivity index (χ2n) is 16.4.